The highest BCUT2D eigenvalue weighted by Crippen LogP contribution is 2.67. The molecule has 5 nitrogen and oxygen atoms in total. The van der Waals surface area contributed by atoms with Crippen LogP contribution in [0.25, 0.3) is 0 Å². The van der Waals surface area contributed by atoms with Gasteiger partial charge in [0.1, 0.15) is 6.04 Å². The van der Waals surface area contributed by atoms with Crippen molar-refractivity contribution in [3.05, 3.63) is 0 Å². The fourth-order valence-electron chi connectivity index (χ4n) is 2.80. The van der Waals surface area contributed by atoms with Crippen LogP contribution in [0.1, 0.15) is 34.6 Å². The van der Waals surface area contributed by atoms with E-state index in [9.17, 15) is 9.59 Å². The summed E-state index contributed by atoms with van der Waals surface area (Å²) in [6, 6.07) is -0.618. The van der Waals surface area contributed by atoms with Crippen molar-refractivity contribution in [2.75, 3.05) is 20.2 Å². The van der Waals surface area contributed by atoms with E-state index in [1.807, 2.05) is 0 Å². The van der Waals surface area contributed by atoms with Crippen LogP contribution in [0, 0.1) is 16.7 Å². The molecule has 110 valence electrons. The zero-order valence-electron chi connectivity index (χ0n) is 12.8. The molecule has 1 amide bonds. The lowest BCUT2D eigenvalue weighted by molar-refractivity contribution is -0.144. The van der Waals surface area contributed by atoms with Gasteiger partial charge >= 0.3 is 5.97 Å². The first-order valence-electron chi connectivity index (χ1n) is 6.70. The van der Waals surface area contributed by atoms with Crippen LogP contribution in [-0.2, 0) is 14.3 Å². The molecule has 1 aliphatic rings. The standard InChI is InChI=1S/C14H26N2O3/c1-9(17)16-10(12(18)19-6)7-15-8-11-13(2,3)14(11,4)5/h10-11,15H,7-8H2,1-6H3,(H,16,17). The number of carbonyl (C=O) groups excluding carboxylic acids is 2. The first-order valence-corrected chi connectivity index (χ1v) is 6.70. The number of methoxy groups -OCH3 is 1. The number of nitrogens with one attached hydrogen (secondary N) is 2. The van der Waals surface area contributed by atoms with Gasteiger partial charge in [0.05, 0.1) is 7.11 Å². The molecule has 0 aromatic carbocycles. The quantitative estimate of drug-likeness (QED) is 0.705. The van der Waals surface area contributed by atoms with Gasteiger partial charge in [0.25, 0.3) is 0 Å². The lowest BCUT2D eigenvalue weighted by Gasteiger charge is -2.16. The molecule has 1 fully saturated rings. The van der Waals surface area contributed by atoms with E-state index in [4.69, 9.17) is 0 Å². The van der Waals surface area contributed by atoms with Crippen molar-refractivity contribution in [1.82, 2.24) is 10.6 Å². The molecular weight excluding hydrogens is 244 g/mol. The predicted molar refractivity (Wildman–Crippen MR) is 73.5 cm³/mol. The van der Waals surface area contributed by atoms with E-state index in [2.05, 4.69) is 43.1 Å². The van der Waals surface area contributed by atoms with Crippen LogP contribution >= 0.6 is 0 Å². The molecule has 0 aromatic heterocycles. The molecule has 0 spiro atoms. The molecule has 5 heteroatoms. The number of ether oxygens (including phenoxy) is 1. The van der Waals surface area contributed by atoms with Crippen molar-refractivity contribution in [3.63, 3.8) is 0 Å². The van der Waals surface area contributed by atoms with Crippen molar-refractivity contribution in [3.8, 4) is 0 Å². The molecule has 2 N–H and O–H groups in total. The Balaban J connectivity index is 2.42. The van der Waals surface area contributed by atoms with E-state index >= 15 is 0 Å². The molecule has 0 aromatic rings. The summed E-state index contributed by atoms with van der Waals surface area (Å²) in [5.74, 6) is -0.0723. The fraction of sp³-hybridized carbons (Fsp3) is 0.857. The third kappa shape index (κ3) is 3.26. The monoisotopic (exact) mass is 270 g/mol. The van der Waals surface area contributed by atoms with Crippen molar-refractivity contribution in [2.24, 2.45) is 16.7 Å². The Morgan fingerprint density at radius 2 is 1.74 bits per heavy atom. The smallest absolute Gasteiger partial charge is 0.329 e. The van der Waals surface area contributed by atoms with Gasteiger partial charge in [0.2, 0.25) is 5.91 Å². The van der Waals surface area contributed by atoms with Crippen molar-refractivity contribution < 1.29 is 14.3 Å². The van der Waals surface area contributed by atoms with E-state index < -0.39 is 12.0 Å². The number of rotatable bonds is 6. The summed E-state index contributed by atoms with van der Waals surface area (Å²) in [7, 11) is 1.32. The predicted octanol–water partition coefficient (Wildman–Crippen LogP) is 0.936. The molecular formula is C14H26N2O3. The molecule has 0 aliphatic heterocycles. The first kappa shape index (κ1) is 16.0. The first-order chi connectivity index (χ1) is 8.64. The highest BCUT2D eigenvalue weighted by Gasteiger charge is 2.63. The third-order valence-corrected chi connectivity index (χ3v) is 4.88. The molecule has 19 heavy (non-hydrogen) atoms. The van der Waals surface area contributed by atoms with Gasteiger partial charge in [0.15, 0.2) is 0 Å². The lowest BCUT2D eigenvalue weighted by Crippen LogP contribution is -2.47. The minimum absolute atomic E-state index is 0.232. The molecule has 0 heterocycles. The van der Waals surface area contributed by atoms with Crippen LogP contribution in [-0.4, -0.2) is 38.1 Å². The summed E-state index contributed by atoms with van der Waals surface area (Å²) in [4.78, 5) is 22.6. The van der Waals surface area contributed by atoms with Gasteiger partial charge in [0, 0.05) is 13.5 Å². The topological polar surface area (TPSA) is 67.4 Å². The number of hydrogen-bond donors (Lipinski definition) is 2. The van der Waals surface area contributed by atoms with Crippen molar-refractivity contribution in [1.29, 1.82) is 0 Å². The average Bonchev–Trinajstić information content (AvgIpc) is 2.68. The van der Waals surface area contributed by atoms with Gasteiger partial charge in [-0.2, -0.15) is 0 Å². The normalized spacial score (nSPS) is 21.6. The van der Waals surface area contributed by atoms with Gasteiger partial charge in [-0.1, -0.05) is 27.7 Å². The second-order valence-electron chi connectivity index (χ2n) is 6.43. The Bertz CT molecular complexity index is 350. The van der Waals surface area contributed by atoms with E-state index in [0.717, 1.165) is 6.54 Å². The third-order valence-electron chi connectivity index (χ3n) is 4.88. The largest absolute Gasteiger partial charge is 0.467 e. The zero-order chi connectivity index (χ0) is 14.8. The molecule has 1 saturated carbocycles. The van der Waals surface area contributed by atoms with Crippen LogP contribution in [0.4, 0.5) is 0 Å². The number of esters is 1. The molecule has 0 radical (unpaired) electrons. The number of carbonyl (C=O) groups is 2. The Hall–Kier alpha value is -1.10. The van der Waals surface area contributed by atoms with Crippen LogP contribution in [0.15, 0.2) is 0 Å². The van der Waals surface area contributed by atoms with Gasteiger partial charge in [-0.15, -0.1) is 0 Å². The minimum Gasteiger partial charge on any atom is -0.467 e. The zero-order valence-corrected chi connectivity index (χ0v) is 12.8. The minimum atomic E-state index is -0.618. The lowest BCUT2D eigenvalue weighted by atomic mass is 10.0. The maximum atomic E-state index is 11.5. The summed E-state index contributed by atoms with van der Waals surface area (Å²) < 4.78 is 4.67. The Morgan fingerprint density at radius 1 is 1.21 bits per heavy atom. The summed E-state index contributed by atoms with van der Waals surface area (Å²) in [5.41, 5.74) is 0.629. The molecule has 1 atom stereocenters. The van der Waals surface area contributed by atoms with Crippen molar-refractivity contribution in [2.45, 2.75) is 40.7 Å². The summed E-state index contributed by atoms with van der Waals surface area (Å²) in [5, 5.41) is 5.85. The molecule has 0 saturated heterocycles. The highest BCUT2D eigenvalue weighted by atomic mass is 16.5. The number of hydrogen-bond acceptors (Lipinski definition) is 4. The SMILES string of the molecule is COC(=O)C(CNCC1C(C)(C)C1(C)C)NC(C)=O. The maximum Gasteiger partial charge on any atom is 0.329 e. The van der Waals surface area contributed by atoms with Crippen LogP contribution in [0.2, 0.25) is 0 Å². The fourth-order valence-corrected chi connectivity index (χ4v) is 2.80. The van der Waals surface area contributed by atoms with Crippen LogP contribution in [0.5, 0.6) is 0 Å². The number of amides is 1. The van der Waals surface area contributed by atoms with Crippen LogP contribution < -0.4 is 10.6 Å². The van der Waals surface area contributed by atoms with E-state index in [0.29, 0.717) is 23.3 Å². The average molecular weight is 270 g/mol. The summed E-state index contributed by atoms with van der Waals surface area (Å²) in [6.07, 6.45) is 0. The van der Waals surface area contributed by atoms with E-state index in [-0.39, 0.29) is 5.91 Å². The Morgan fingerprint density at radius 3 is 2.11 bits per heavy atom. The van der Waals surface area contributed by atoms with Gasteiger partial charge < -0.3 is 15.4 Å². The molecule has 0 bridgehead atoms. The Labute approximate surface area is 115 Å². The maximum absolute atomic E-state index is 11.5. The van der Waals surface area contributed by atoms with E-state index in [1.54, 1.807) is 0 Å². The Kier molecular flexibility index (Phi) is 4.61. The summed E-state index contributed by atoms with van der Waals surface area (Å²) >= 11 is 0. The van der Waals surface area contributed by atoms with Gasteiger partial charge in [-0.25, -0.2) is 4.79 Å². The summed E-state index contributed by atoms with van der Waals surface area (Å²) in [6.45, 7) is 11.6. The van der Waals surface area contributed by atoms with Gasteiger partial charge in [-0.3, -0.25) is 4.79 Å². The second-order valence-corrected chi connectivity index (χ2v) is 6.43. The molecule has 1 rings (SSSR count). The molecule has 1 aliphatic carbocycles. The van der Waals surface area contributed by atoms with E-state index in [1.165, 1.54) is 14.0 Å². The van der Waals surface area contributed by atoms with Crippen LogP contribution in [0.3, 0.4) is 0 Å². The highest BCUT2D eigenvalue weighted by molar-refractivity contribution is 5.83. The van der Waals surface area contributed by atoms with Crippen molar-refractivity contribution >= 4 is 11.9 Å². The second kappa shape index (κ2) is 5.49. The van der Waals surface area contributed by atoms with Gasteiger partial charge in [-0.05, 0) is 23.3 Å². The molecule has 1 unspecified atom stereocenters.